The van der Waals surface area contributed by atoms with E-state index >= 15 is 0 Å². The maximum atomic E-state index is 4.11. The normalized spacial score (nSPS) is 38.9. The molecule has 1 heteroatoms. The Hall–Kier alpha value is -0.820. The molecule has 5 rings (SSSR count). The van der Waals surface area contributed by atoms with Gasteiger partial charge < -0.3 is 5.32 Å². The van der Waals surface area contributed by atoms with Crippen molar-refractivity contribution >= 4 is 0 Å². The van der Waals surface area contributed by atoms with Crippen LogP contribution in [0.1, 0.15) is 57.6 Å². The van der Waals surface area contributed by atoms with E-state index in [9.17, 15) is 0 Å². The first-order valence-corrected chi connectivity index (χ1v) is 9.01. The van der Waals surface area contributed by atoms with Crippen molar-refractivity contribution in [1.29, 1.82) is 0 Å². The van der Waals surface area contributed by atoms with Gasteiger partial charge in [-0.15, -0.1) is 0 Å². The second kappa shape index (κ2) is 5.43. The van der Waals surface area contributed by atoms with Gasteiger partial charge in [-0.1, -0.05) is 44.2 Å². The summed E-state index contributed by atoms with van der Waals surface area (Å²) in [7, 11) is 0. The lowest BCUT2D eigenvalue weighted by Gasteiger charge is -2.55. The van der Waals surface area contributed by atoms with Gasteiger partial charge in [0.25, 0.3) is 0 Å². The van der Waals surface area contributed by atoms with Crippen molar-refractivity contribution in [2.75, 3.05) is 0 Å². The molecule has 1 aromatic rings. The minimum atomic E-state index is 0.522. The quantitative estimate of drug-likeness (QED) is 0.837. The van der Waals surface area contributed by atoms with E-state index in [0.29, 0.717) is 12.0 Å². The van der Waals surface area contributed by atoms with Crippen LogP contribution < -0.4 is 5.32 Å². The van der Waals surface area contributed by atoms with E-state index in [0.717, 1.165) is 29.7 Å². The van der Waals surface area contributed by atoms with E-state index in [1.54, 1.807) is 6.42 Å². The predicted molar refractivity (Wildman–Crippen MR) is 88.0 cm³/mol. The Morgan fingerprint density at radius 3 is 1.95 bits per heavy atom. The molecule has 1 atom stereocenters. The molecular weight excluding hydrogens is 254 g/mol. The van der Waals surface area contributed by atoms with Gasteiger partial charge in [-0.05, 0) is 67.3 Å². The summed E-state index contributed by atoms with van der Waals surface area (Å²) in [5.41, 5.74) is 1.47. The Balaban J connectivity index is 1.53. The van der Waals surface area contributed by atoms with Crippen LogP contribution >= 0.6 is 0 Å². The highest BCUT2D eigenvalue weighted by molar-refractivity contribution is 5.20. The van der Waals surface area contributed by atoms with Crippen LogP contribution in [0.4, 0.5) is 0 Å². The molecule has 0 radical (unpaired) electrons. The van der Waals surface area contributed by atoms with Crippen molar-refractivity contribution in [2.24, 2.45) is 29.6 Å². The van der Waals surface area contributed by atoms with Gasteiger partial charge in [0, 0.05) is 12.1 Å². The lowest BCUT2D eigenvalue weighted by molar-refractivity contribution is -0.0198. The first-order chi connectivity index (χ1) is 10.2. The van der Waals surface area contributed by atoms with Crippen molar-refractivity contribution in [1.82, 2.24) is 5.32 Å². The number of rotatable bonds is 4. The lowest BCUT2D eigenvalue weighted by Crippen LogP contribution is -2.55. The highest BCUT2D eigenvalue weighted by Gasteiger charge is 2.48. The van der Waals surface area contributed by atoms with Gasteiger partial charge in [-0.2, -0.15) is 0 Å². The molecule has 0 aliphatic heterocycles. The second-order valence-corrected chi connectivity index (χ2v) is 8.26. The Morgan fingerprint density at radius 2 is 1.43 bits per heavy atom. The molecule has 0 aromatic heterocycles. The van der Waals surface area contributed by atoms with Gasteiger partial charge in [0.15, 0.2) is 0 Å². The monoisotopic (exact) mass is 283 g/mol. The van der Waals surface area contributed by atoms with Gasteiger partial charge in [0.05, 0.1) is 0 Å². The lowest BCUT2D eigenvalue weighted by atomic mass is 9.54. The van der Waals surface area contributed by atoms with Gasteiger partial charge >= 0.3 is 0 Å². The van der Waals surface area contributed by atoms with E-state index in [4.69, 9.17) is 0 Å². The third-order valence-corrected chi connectivity index (χ3v) is 6.42. The maximum absolute atomic E-state index is 4.11. The second-order valence-electron chi connectivity index (χ2n) is 8.26. The van der Waals surface area contributed by atoms with Crippen molar-refractivity contribution < 1.29 is 0 Å². The maximum Gasteiger partial charge on any atom is 0.0346 e. The average molecular weight is 283 g/mol. The van der Waals surface area contributed by atoms with Crippen LogP contribution in [-0.2, 0) is 0 Å². The number of benzene rings is 1. The van der Waals surface area contributed by atoms with Crippen molar-refractivity contribution in [2.45, 2.75) is 58.0 Å². The van der Waals surface area contributed by atoms with Gasteiger partial charge in [-0.3, -0.25) is 0 Å². The summed E-state index contributed by atoms with van der Waals surface area (Å²) in [5.74, 6) is 4.72. The molecule has 0 saturated heterocycles. The van der Waals surface area contributed by atoms with Crippen LogP contribution in [0.2, 0.25) is 0 Å². The summed E-state index contributed by atoms with van der Waals surface area (Å²) in [6, 6.07) is 12.4. The number of hydrogen-bond donors (Lipinski definition) is 1. The van der Waals surface area contributed by atoms with Crippen LogP contribution in [0, 0.1) is 29.6 Å². The number of hydrogen-bond acceptors (Lipinski definition) is 1. The Kier molecular flexibility index (Phi) is 3.57. The fourth-order valence-electron chi connectivity index (χ4n) is 5.74. The highest BCUT2D eigenvalue weighted by atomic mass is 15.0. The summed E-state index contributed by atoms with van der Waals surface area (Å²) in [5, 5.41) is 4.11. The minimum absolute atomic E-state index is 0.522. The molecule has 0 spiro atoms. The smallest absolute Gasteiger partial charge is 0.0346 e. The summed E-state index contributed by atoms with van der Waals surface area (Å²) in [6.45, 7) is 4.72. The molecule has 4 fully saturated rings. The fraction of sp³-hybridized carbons (Fsp3) is 0.700. The topological polar surface area (TPSA) is 12.0 Å². The van der Waals surface area contributed by atoms with E-state index in [1.165, 1.54) is 31.2 Å². The Bertz CT molecular complexity index is 450. The number of nitrogens with one attached hydrogen (secondary N) is 1. The van der Waals surface area contributed by atoms with Crippen LogP contribution in [-0.4, -0.2) is 6.04 Å². The zero-order valence-corrected chi connectivity index (χ0v) is 13.5. The molecule has 0 amide bonds. The average Bonchev–Trinajstić information content (AvgIpc) is 2.46. The molecule has 1 unspecified atom stereocenters. The van der Waals surface area contributed by atoms with E-state index in [1.807, 2.05) is 0 Å². The third kappa shape index (κ3) is 2.54. The molecule has 4 bridgehead atoms. The molecule has 4 aliphatic carbocycles. The summed E-state index contributed by atoms with van der Waals surface area (Å²) < 4.78 is 0. The Morgan fingerprint density at radius 1 is 0.857 bits per heavy atom. The molecule has 1 nitrogen and oxygen atoms in total. The molecule has 1 aromatic carbocycles. The SMILES string of the molecule is CC(C)C(NC1C2CC3CC(C2)CC1C3)c1ccccc1. The van der Waals surface area contributed by atoms with Crippen LogP contribution in [0.5, 0.6) is 0 Å². The zero-order valence-electron chi connectivity index (χ0n) is 13.5. The largest absolute Gasteiger partial charge is 0.306 e. The van der Waals surface area contributed by atoms with Crippen LogP contribution in [0.3, 0.4) is 0 Å². The van der Waals surface area contributed by atoms with Gasteiger partial charge in [0.1, 0.15) is 0 Å². The van der Waals surface area contributed by atoms with Crippen LogP contribution in [0.25, 0.3) is 0 Å². The summed E-state index contributed by atoms with van der Waals surface area (Å²) in [6.07, 6.45) is 7.56. The van der Waals surface area contributed by atoms with E-state index < -0.39 is 0 Å². The van der Waals surface area contributed by atoms with Crippen molar-refractivity contribution in [3.05, 3.63) is 35.9 Å². The van der Waals surface area contributed by atoms with Gasteiger partial charge in [0.2, 0.25) is 0 Å². The van der Waals surface area contributed by atoms with Gasteiger partial charge in [-0.25, -0.2) is 0 Å². The first-order valence-electron chi connectivity index (χ1n) is 9.01. The zero-order chi connectivity index (χ0) is 14.4. The molecular formula is C20H29N. The van der Waals surface area contributed by atoms with E-state index in [-0.39, 0.29) is 0 Å². The van der Waals surface area contributed by atoms with Crippen LogP contribution in [0.15, 0.2) is 30.3 Å². The standard InChI is InChI=1S/C20H29N/c1-13(2)19(16-6-4-3-5-7-16)21-20-17-9-14-8-15(11-17)12-18(20)10-14/h3-7,13-15,17-21H,8-12H2,1-2H3. The van der Waals surface area contributed by atoms with Crippen molar-refractivity contribution in [3.63, 3.8) is 0 Å². The van der Waals surface area contributed by atoms with E-state index in [2.05, 4.69) is 49.5 Å². The fourth-order valence-corrected chi connectivity index (χ4v) is 5.74. The highest BCUT2D eigenvalue weighted by Crippen LogP contribution is 2.54. The molecule has 21 heavy (non-hydrogen) atoms. The molecule has 0 heterocycles. The Labute approximate surface area is 129 Å². The molecule has 114 valence electrons. The molecule has 4 aliphatic rings. The first kappa shape index (κ1) is 13.8. The molecule has 1 N–H and O–H groups in total. The third-order valence-electron chi connectivity index (χ3n) is 6.42. The molecule has 4 saturated carbocycles. The summed E-state index contributed by atoms with van der Waals surface area (Å²) >= 11 is 0. The minimum Gasteiger partial charge on any atom is -0.306 e. The predicted octanol–water partition coefficient (Wildman–Crippen LogP) is 4.80. The summed E-state index contributed by atoms with van der Waals surface area (Å²) in [4.78, 5) is 0. The van der Waals surface area contributed by atoms with Crippen molar-refractivity contribution in [3.8, 4) is 0 Å².